The molecule has 0 aliphatic rings. The first-order chi connectivity index (χ1) is 9.69. The molecule has 0 aromatic heterocycles. The molecule has 2 unspecified atom stereocenters. The summed E-state index contributed by atoms with van der Waals surface area (Å²) >= 11 is 1.64. The molecule has 1 rings (SSSR count). The summed E-state index contributed by atoms with van der Waals surface area (Å²) in [4.78, 5) is 11.5. The van der Waals surface area contributed by atoms with Gasteiger partial charge in [0.2, 0.25) is 0 Å². The Balaban J connectivity index is 2.60. The van der Waals surface area contributed by atoms with Gasteiger partial charge in [-0.1, -0.05) is 44.2 Å². The van der Waals surface area contributed by atoms with Gasteiger partial charge in [-0.2, -0.15) is 0 Å². The second-order valence-electron chi connectivity index (χ2n) is 4.66. The molecule has 4 heteroatoms. The maximum Gasteiger partial charge on any atom is 0.315 e. The van der Waals surface area contributed by atoms with Crippen molar-refractivity contribution in [3.8, 4) is 0 Å². The van der Waals surface area contributed by atoms with Crippen LogP contribution in [0.25, 0.3) is 0 Å². The van der Waals surface area contributed by atoms with Crippen molar-refractivity contribution in [2.24, 2.45) is 0 Å². The van der Waals surface area contributed by atoms with Crippen LogP contribution in [-0.2, 0) is 9.53 Å². The van der Waals surface area contributed by atoms with Crippen molar-refractivity contribution in [3.05, 3.63) is 35.9 Å². The van der Waals surface area contributed by atoms with Crippen LogP contribution in [0.3, 0.4) is 0 Å². The lowest BCUT2D eigenvalue weighted by Gasteiger charge is -2.25. The summed E-state index contributed by atoms with van der Waals surface area (Å²) in [7, 11) is 0. The first-order valence-electron chi connectivity index (χ1n) is 7.24. The van der Waals surface area contributed by atoms with E-state index in [-0.39, 0.29) is 12.0 Å². The molecule has 0 radical (unpaired) electrons. The molecule has 0 spiro atoms. The van der Waals surface area contributed by atoms with Crippen LogP contribution < -0.4 is 5.32 Å². The molecule has 0 fully saturated rings. The minimum absolute atomic E-state index is 0.133. The Labute approximate surface area is 126 Å². The smallest absolute Gasteiger partial charge is 0.315 e. The Morgan fingerprint density at radius 3 is 2.60 bits per heavy atom. The molecular weight excluding hydrogens is 270 g/mol. The maximum absolute atomic E-state index is 11.5. The predicted octanol–water partition coefficient (Wildman–Crippen LogP) is 3.41. The zero-order valence-corrected chi connectivity index (χ0v) is 13.4. The largest absolute Gasteiger partial charge is 0.465 e. The molecule has 0 saturated carbocycles. The lowest BCUT2D eigenvalue weighted by Crippen LogP contribution is -2.30. The van der Waals surface area contributed by atoms with Gasteiger partial charge in [-0.15, -0.1) is 11.8 Å². The van der Waals surface area contributed by atoms with E-state index >= 15 is 0 Å². The highest BCUT2D eigenvalue weighted by atomic mass is 32.2. The number of ether oxygens (including phenoxy) is 1. The summed E-state index contributed by atoms with van der Waals surface area (Å²) in [6.45, 7) is 7.57. The Morgan fingerprint density at radius 1 is 1.30 bits per heavy atom. The lowest BCUT2D eigenvalue weighted by atomic mass is 10.0. The van der Waals surface area contributed by atoms with Gasteiger partial charge in [0.25, 0.3) is 0 Å². The Morgan fingerprint density at radius 2 is 2.00 bits per heavy atom. The highest BCUT2D eigenvalue weighted by Crippen LogP contribution is 2.26. The first-order valence-corrected chi connectivity index (χ1v) is 8.29. The fourth-order valence-corrected chi connectivity index (χ4v) is 2.94. The minimum atomic E-state index is -0.133. The Hall–Kier alpha value is -1.00. The molecule has 112 valence electrons. The van der Waals surface area contributed by atoms with E-state index in [9.17, 15) is 4.79 Å². The summed E-state index contributed by atoms with van der Waals surface area (Å²) in [5.74, 6) is 0.276. The minimum Gasteiger partial charge on any atom is -0.465 e. The standard InChI is InChI=1S/C16H25NO2S/c1-4-11-17-16(14-9-7-6-8-10-14)13(3)20-12-15(18)19-5-2/h6-10,13,16-17H,4-5,11-12H2,1-3H3. The SMILES string of the molecule is CCCNC(c1ccccc1)C(C)SCC(=O)OCC. The number of hydrogen-bond donors (Lipinski definition) is 1. The van der Waals surface area contributed by atoms with Crippen LogP contribution in [0.5, 0.6) is 0 Å². The molecule has 0 saturated heterocycles. The van der Waals surface area contributed by atoms with Gasteiger partial charge in [0, 0.05) is 11.3 Å². The molecule has 0 aliphatic heterocycles. The number of benzene rings is 1. The molecule has 1 N–H and O–H groups in total. The highest BCUT2D eigenvalue weighted by molar-refractivity contribution is 8.00. The normalized spacial score (nSPS) is 13.8. The number of nitrogens with one attached hydrogen (secondary N) is 1. The molecule has 2 atom stereocenters. The quantitative estimate of drug-likeness (QED) is 0.709. The zero-order valence-electron chi connectivity index (χ0n) is 12.6. The van der Waals surface area contributed by atoms with Crippen LogP contribution in [0, 0.1) is 0 Å². The third-order valence-corrected chi connectivity index (χ3v) is 4.21. The van der Waals surface area contributed by atoms with Crippen molar-refractivity contribution in [2.75, 3.05) is 18.9 Å². The van der Waals surface area contributed by atoms with E-state index in [0.29, 0.717) is 17.6 Å². The van der Waals surface area contributed by atoms with Crippen molar-refractivity contribution < 1.29 is 9.53 Å². The topological polar surface area (TPSA) is 38.3 Å². The molecule has 1 aromatic rings. The van der Waals surface area contributed by atoms with Gasteiger partial charge in [0.05, 0.1) is 12.4 Å². The number of carbonyl (C=O) groups is 1. The van der Waals surface area contributed by atoms with Crippen molar-refractivity contribution in [3.63, 3.8) is 0 Å². The van der Waals surface area contributed by atoms with E-state index in [2.05, 4.69) is 43.4 Å². The summed E-state index contributed by atoms with van der Waals surface area (Å²) in [6.07, 6.45) is 1.10. The number of hydrogen-bond acceptors (Lipinski definition) is 4. The monoisotopic (exact) mass is 295 g/mol. The van der Waals surface area contributed by atoms with Crippen molar-refractivity contribution in [1.82, 2.24) is 5.32 Å². The fraction of sp³-hybridized carbons (Fsp3) is 0.562. The van der Waals surface area contributed by atoms with Crippen molar-refractivity contribution in [2.45, 2.75) is 38.5 Å². The molecular formula is C16H25NO2S. The third-order valence-electron chi connectivity index (χ3n) is 3.01. The van der Waals surface area contributed by atoms with Crippen molar-refractivity contribution in [1.29, 1.82) is 0 Å². The van der Waals surface area contributed by atoms with Crippen LogP contribution in [0.1, 0.15) is 38.8 Å². The molecule has 0 amide bonds. The fourth-order valence-electron chi connectivity index (χ4n) is 2.01. The van der Waals surface area contributed by atoms with Gasteiger partial charge < -0.3 is 10.1 Å². The highest BCUT2D eigenvalue weighted by Gasteiger charge is 2.20. The number of rotatable bonds is 9. The third kappa shape index (κ3) is 5.97. The van der Waals surface area contributed by atoms with Crippen LogP contribution in [0.4, 0.5) is 0 Å². The Bertz CT molecular complexity index is 383. The Kier molecular flexibility index (Phi) is 8.38. The van der Waals surface area contributed by atoms with E-state index in [1.807, 2.05) is 13.0 Å². The average Bonchev–Trinajstić information content (AvgIpc) is 2.47. The van der Waals surface area contributed by atoms with Crippen LogP contribution >= 0.6 is 11.8 Å². The van der Waals surface area contributed by atoms with Gasteiger partial charge in [-0.25, -0.2) is 0 Å². The zero-order chi connectivity index (χ0) is 14.8. The molecule has 1 aromatic carbocycles. The second-order valence-corrected chi connectivity index (χ2v) is 6.03. The van der Waals surface area contributed by atoms with Gasteiger partial charge in [-0.05, 0) is 25.5 Å². The van der Waals surface area contributed by atoms with Crippen LogP contribution in [0.2, 0.25) is 0 Å². The molecule has 0 bridgehead atoms. The average molecular weight is 295 g/mol. The van der Waals surface area contributed by atoms with E-state index < -0.39 is 0 Å². The van der Waals surface area contributed by atoms with Crippen molar-refractivity contribution >= 4 is 17.7 Å². The van der Waals surface area contributed by atoms with Crippen LogP contribution in [-0.4, -0.2) is 30.1 Å². The lowest BCUT2D eigenvalue weighted by molar-refractivity contribution is -0.139. The van der Waals surface area contributed by atoms with Gasteiger partial charge in [0.15, 0.2) is 0 Å². The van der Waals surface area contributed by atoms with Crippen LogP contribution in [0.15, 0.2) is 30.3 Å². The van der Waals surface area contributed by atoms with E-state index in [0.717, 1.165) is 13.0 Å². The van der Waals surface area contributed by atoms with Gasteiger partial charge in [-0.3, -0.25) is 4.79 Å². The van der Waals surface area contributed by atoms with Gasteiger partial charge in [0.1, 0.15) is 0 Å². The molecule has 20 heavy (non-hydrogen) atoms. The maximum atomic E-state index is 11.5. The second kappa shape index (κ2) is 9.83. The van der Waals surface area contributed by atoms with E-state index in [1.54, 1.807) is 11.8 Å². The first kappa shape index (κ1) is 17.1. The predicted molar refractivity (Wildman–Crippen MR) is 86.0 cm³/mol. The van der Waals surface area contributed by atoms with E-state index in [1.165, 1.54) is 5.56 Å². The summed E-state index contributed by atoms with van der Waals surface area (Å²) < 4.78 is 4.98. The number of esters is 1. The molecule has 0 heterocycles. The summed E-state index contributed by atoms with van der Waals surface area (Å²) in [6, 6.07) is 10.7. The van der Waals surface area contributed by atoms with Gasteiger partial charge >= 0.3 is 5.97 Å². The summed E-state index contributed by atoms with van der Waals surface area (Å²) in [5.41, 5.74) is 1.27. The number of thioether (sulfide) groups is 1. The number of carbonyl (C=O) groups excluding carboxylic acids is 1. The molecule has 0 aliphatic carbocycles. The summed E-state index contributed by atoms with van der Waals surface area (Å²) in [5, 5.41) is 3.88. The van der Waals surface area contributed by atoms with E-state index in [4.69, 9.17) is 4.74 Å². The molecule has 3 nitrogen and oxygen atoms in total.